The number of rotatable bonds is 4. The standard InChI is InChI=1S/C17H21F3N2O4/c1-16(2,3)9-13(23)21(4)15-14(24)22(10-25-15)11-6-5-7-12(8-11)26-17(18,19)20/h5-8,15H,9-10H2,1-4H3. The molecule has 26 heavy (non-hydrogen) atoms. The van der Waals surface area contributed by atoms with Gasteiger partial charge < -0.3 is 14.4 Å². The first-order chi connectivity index (χ1) is 11.9. The molecule has 9 heteroatoms. The molecule has 0 saturated carbocycles. The molecule has 6 nitrogen and oxygen atoms in total. The van der Waals surface area contributed by atoms with Crippen molar-refractivity contribution in [3.8, 4) is 5.75 Å². The first-order valence-corrected chi connectivity index (χ1v) is 7.92. The average Bonchev–Trinajstić information content (AvgIpc) is 2.85. The fraction of sp³-hybridized carbons (Fsp3) is 0.529. The second kappa shape index (κ2) is 7.14. The third-order valence-corrected chi connectivity index (χ3v) is 3.63. The van der Waals surface area contributed by atoms with Gasteiger partial charge in [0.1, 0.15) is 12.5 Å². The highest BCUT2D eigenvalue weighted by Gasteiger charge is 2.39. The minimum atomic E-state index is -4.83. The molecule has 1 aliphatic heterocycles. The van der Waals surface area contributed by atoms with Crippen LogP contribution in [0.15, 0.2) is 24.3 Å². The molecule has 1 heterocycles. The Morgan fingerprint density at radius 3 is 2.58 bits per heavy atom. The first kappa shape index (κ1) is 20.0. The van der Waals surface area contributed by atoms with Gasteiger partial charge >= 0.3 is 6.36 Å². The molecule has 0 aromatic heterocycles. The minimum Gasteiger partial charge on any atom is -0.406 e. The molecule has 144 valence electrons. The summed E-state index contributed by atoms with van der Waals surface area (Å²) >= 11 is 0. The molecule has 1 unspecified atom stereocenters. The molecular weight excluding hydrogens is 353 g/mol. The van der Waals surface area contributed by atoms with E-state index in [-0.39, 0.29) is 30.2 Å². The highest BCUT2D eigenvalue weighted by Crippen LogP contribution is 2.29. The van der Waals surface area contributed by atoms with E-state index in [1.54, 1.807) is 0 Å². The van der Waals surface area contributed by atoms with E-state index in [2.05, 4.69) is 4.74 Å². The third-order valence-electron chi connectivity index (χ3n) is 3.63. The molecule has 1 aromatic carbocycles. The SMILES string of the molecule is CN(C(=O)CC(C)(C)C)C1OCN(c2cccc(OC(F)(F)F)c2)C1=O. The minimum absolute atomic E-state index is 0.174. The van der Waals surface area contributed by atoms with Gasteiger partial charge in [-0.05, 0) is 17.5 Å². The maximum Gasteiger partial charge on any atom is 0.573 e. The zero-order chi connectivity index (χ0) is 19.7. The van der Waals surface area contributed by atoms with Crippen LogP contribution >= 0.6 is 0 Å². The molecule has 0 aliphatic carbocycles. The average molecular weight is 374 g/mol. The first-order valence-electron chi connectivity index (χ1n) is 7.92. The van der Waals surface area contributed by atoms with Gasteiger partial charge in [-0.15, -0.1) is 13.2 Å². The van der Waals surface area contributed by atoms with Crippen molar-refractivity contribution in [1.82, 2.24) is 4.90 Å². The van der Waals surface area contributed by atoms with E-state index >= 15 is 0 Å². The van der Waals surface area contributed by atoms with Gasteiger partial charge in [-0.25, -0.2) is 0 Å². The van der Waals surface area contributed by atoms with Crippen LogP contribution in [-0.2, 0) is 14.3 Å². The molecular formula is C17H21F3N2O4. The Balaban J connectivity index is 2.11. The predicted octanol–water partition coefficient (Wildman–Crippen LogP) is 3.13. The summed E-state index contributed by atoms with van der Waals surface area (Å²) in [4.78, 5) is 27.2. The van der Waals surface area contributed by atoms with Gasteiger partial charge in [0.15, 0.2) is 0 Å². The number of halogens is 3. The van der Waals surface area contributed by atoms with Gasteiger partial charge in [-0.2, -0.15) is 0 Å². The summed E-state index contributed by atoms with van der Waals surface area (Å²) in [5.74, 6) is -1.23. The Morgan fingerprint density at radius 1 is 1.35 bits per heavy atom. The van der Waals surface area contributed by atoms with Crippen molar-refractivity contribution in [2.45, 2.75) is 39.8 Å². The van der Waals surface area contributed by atoms with E-state index in [0.717, 1.165) is 17.0 Å². The van der Waals surface area contributed by atoms with Crippen LogP contribution in [0.2, 0.25) is 0 Å². The van der Waals surface area contributed by atoms with Crippen LogP contribution in [0, 0.1) is 5.41 Å². The summed E-state index contributed by atoms with van der Waals surface area (Å²) in [6, 6.07) is 5.03. The van der Waals surface area contributed by atoms with E-state index in [0.29, 0.717) is 0 Å². The van der Waals surface area contributed by atoms with Crippen LogP contribution in [0.3, 0.4) is 0 Å². The zero-order valence-corrected chi connectivity index (χ0v) is 15.0. The lowest BCUT2D eigenvalue weighted by Gasteiger charge is -2.26. The van der Waals surface area contributed by atoms with Gasteiger partial charge in [0.2, 0.25) is 12.1 Å². The van der Waals surface area contributed by atoms with Crippen LogP contribution in [0.4, 0.5) is 18.9 Å². The van der Waals surface area contributed by atoms with Gasteiger partial charge in [0.05, 0.1) is 0 Å². The second-order valence-corrected chi connectivity index (χ2v) is 7.20. The van der Waals surface area contributed by atoms with Crippen molar-refractivity contribution in [2.75, 3.05) is 18.7 Å². The number of nitrogens with zero attached hydrogens (tertiary/aromatic N) is 2. The molecule has 0 bridgehead atoms. The molecule has 1 saturated heterocycles. The lowest BCUT2D eigenvalue weighted by Crippen LogP contribution is -2.44. The number of alkyl halides is 3. The van der Waals surface area contributed by atoms with Gasteiger partial charge in [-0.1, -0.05) is 26.8 Å². The lowest BCUT2D eigenvalue weighted by atomic mass is 9.91. The molecule has 1 fully saturated rings. The fourth-order valence-corrected chi connectivity index (χ4v) is 2.45. The molecule has 2 rings (SSSR count). The molecule has 1 aromatic rings. The number of amides is 2. The molecule has 0 N–H and O–H groups in total. The molecule has 1 atom stereocenters. The Bertz CT molecular complexity index is 685. The third kappa shape index (κ3) is 5.10. The summed E-state index contributed by atoms with van der Waals surface area (Å²) in [6.45, 7) is 5.52. The normalized spacial score (nSPS) is 18.2. The number of anilines is 1. The Morgan fingerprint density at radius 2 is 2.00 bits per heavy atom. The molecule has 2 amide bonds. The zero-order valence-electron chi connectivity index (χ0n) is 15.0. The Hall–Kier alpha value is -2.29. The predicted molar refractivity (Wildman–Crippen MR) is 87.2 cm³/mol. The Labute approximate surface area is 149 Å². The lowest BCUT2D eigenvalue weighted by molar-refractivity contribution is -0.274. The van der Waals surface area contributed by atoms with E-state index in [1.165, 1.54) is 24.1 Å². The number of likely N-dealkylation sites (N-methyl/N-ethyl adjacent to an activating group) is 1. The number of benzene rings is 1. The van der Waals surface area contributed by atoms with Crippen molar-refractivity contribution in [1.29, 1.82) is 0 Å². The largest absolute Gasteiger partial charge is 0.573 e. The summed E-state index contributed by atoms with van der Waals surface area (Å²) < 4.78 is 46.3. The number of ether oxygens (including phenoxy) is 2. The molecule has 0 spiro atoms. The number of hydrogen-bond acceptors (Lipinski definition) is 4. The van der Waals surface area contributed by atoms with Crippen LogP contribution in [-0.4, -0.2) is 43.1 Å². The van der Waals surface area contributed by atoms with Crippen molar-refractivity contribution in [3.05, 3.63) is 24.3 Å². The maximum absolute atomic E-state index is 12.6. The summed E-state index contributed by atoms with van der Waals surface area (Å²) in [5.41, 5.74) is -0.0634. The Kier molecular flexibility index (Phi) is 5.50. The summed E-state index contributed by atoms with van der Waals surface area (Å²) in [6.07, 6.45) is -5.71. The highest BCUT2D eigenvalue weighted by molar-refractivity contribution is 5.99. The van der Waals surface area contributed by atoms with Crippen molar-refractivity contribution in [3.63, 3.8) is 0 Å². The van der Waals surface area contributed by atoms with E-state index in [1.807, 2.05) is 20.8 Å². The van der Waals surface area contributed by atoms with E-state index in [9.17, 15) is 22.8 Å². The van der Waals surface area contributed by atoms with Gasteiger partial charge in [0.25, 0.3) is 5.91 Å². The van der Waals surface area contributed by atoms with Crippen LogP contribution in [0.5, 0.6) is 5.75 Å². The van der Waals surface area contributed by atoms with Gasteiger partial charge in [0, 0.05) is 25.2 Å². The van der Waals surface area contributed by atoms with Crippen molar-refractivity contribution < 1.29 is 32.2 Å². The van der Waals surface area contributed by atoms with Crippen LogP contribution in [0.25, 0.3) is 0 Å². The summed E-state index contributed by atoms with van der Waals surface area (Å²) in [5, 5.41) is 0. The van der Waals surface area contributed by atoms with E-state index < -0.39 is 24.2 Å². The topological polar surface area (TPSA) is 59.1 Å². The quantitative estimate of drug-likeness (QED) is 0.813. The molecule has 0 radical (unpaired) electrons. The maximum atomic E-state index is 12.6. The smallest absolute Gasteiger partial charge is 0.406 e. The number of carbonyl (C=O) groups is 2. The number of carbonyl (C=O) groups excluding carboxylic acids is 2. The number of hydrogen-bond donors (Lipinski definition) is 0. The second-order valence-electron chi connectivity index (χ2n) is 7.20. The van der Waals surface area contributed by atoms with Crippen LogP contribution in [0.1, 0.15) is 27.2 Å². The van der Waals surface area contributed by atoms with Crippen molar-refractivity contribution >= 4 is 17.5 Å². The van der Waals surface area contributed by atoms with Crippen molar-refractivity contribution in [2.24, 2.45) is 5.41 Å². The summed E-state index contributed by atoms with van der Waals surface area (Å²) in [7, 11) is 1.46. The van der Waals surface area contributed by atoms with Gasteiger partial charge in [-0.3, -0.25) is 14.5 Å². The van der Waals surface area contributed by atoms with Crippen LogP contribution < -0.4 is 9.64 Å². The monoisotopic (exact) mass is 374 g/mol. The molecule has 1 aliphatic rings. The fourth-order valence-electron chi connectivity index (χ4n) is 2.45. The van der Waals surface area contributed by atoms with E-state index in [4.69, 9.17) is 4.74 Å². The highest BCUT2D eigenvalue weighted by atomic mass is 19.4.